The third-order valence-corrected chi connectivity index (χ3v) is 6.80. The van der Waals surface area contributed by atoms with Crippen LogP contribution in [0, 0.1) is 0 Å². The van der Waals surface area contributed by atoms with Crippen LogP contribution in [0.1, 0.15) is 0 Å². The summed E-state index contributed by atoms with van der Waals surface area (Å²) in [5.74, 6) is 0. The Hall–Kier alpha value is -6.08. The Balaban J connectivity index is 0.988. The quantitative estimate of drug-likeness (QED) is 0.0831. The average Bonchev–Trinajstić information content (AvgIpc) is 3.03. The number of nitrogens with one attached hydrogen (secondary N) is 5. The Morgan fingerprint density at radius 2 is 0.326 bits per heavy atom. The maximum Gasteiger partial charge on any atom is 0.0385 e. The van der Waals surface area contributed by atoms with Gasteiger partial charge in [0.2, 0.25) is 0 Å². The minimum atomic E-state index is 0.750. The second kappa shape index (κ2) is 12.6. The van der Waals surface area contributed by atoms with Gasteiger partial charge < -0.3 is 38.1 Å². The van der Waals surface area contributed by atoms with E-state index in [9.17, 15) is 0 Å². The number of anilines is 12. The molecule has 7 heteroatoms. The van der Waals surface area contributed by atoms with Crippen LogP contribution >= 0.6 is 0 Å². The molecule has 0 aromatic heterocycles. The Labute approximate surface area is 251 Å². The van der Waals surface area contributed by atoms with Gasteiger partial charge >= 0.3 is 0 Å². The van der Waals surface area contributed by atoms with Crippen LogP contribution < -0.4 is 38.1 Å². The van der Waals surface area contributed by atoms with Crippen LogP contribution in [0.5, 0.6) is 0 Å². The van der Waals surface area contributed by atoms with E-state index in [4.69, 9.17) is 11.5 Å². The fourth-order valence-corrected chi connectivity index (χ4v) is 4.51. The van der Waals surface area contributed by atoms with Crippen LogP contribution in [0.3, 0.4) is 0 Å². The van der Waals surface area contributed by atoms with Gasteiger partial charge in [0.1, 0.15) is 0 Å². The molecule has 0 amide bonds. The van der Waals surface area contributed by atoms with E-state index in [1.54, 1.807) is 0 Å². The molecule has 7 nitrogen and oxygen atoms in total. The summed E-state index contributed by atoms with van der Waals surface area (Å²) in [6.45, 7) is 0. The zero-order valence-electron chi connectivity index (χ0n) is 23.5. The highest BCUT2D eigenvalue weighted by Gasteiger charge is 2.02. The van der Waals surface area contributed by atoms with Gasteiger partial charge in [-0.05, 0) is 146 Å². The Kier molecular flexibility index (Phi) is 7.95. The lowest BCUT2D eigenvalue weighted by Crippen LogP contribution is -1.95. The fourth-order valence-electron chi connectivity index (χ4n) is 4.51. The van der Waals surface area contributed by atoms with Gasteiger partial charge in [0.15, 0.2) is 0 Å². The molecule has 0 atom stereocenters. The van der Waals surface area contributed by atoms with Gasteiger partial charge in [-0.3, -0.25) is 0 Å². The molecule has 212 valence electrons. The summed E-state index contributed by atoms with van der Waals surface area (Å²) in [4.78, 5) is 0. The summed E-state index contributed by atoms with van der Waals surface area (Å²) < 4.78 is 0. The summed E-state index contributed by atoms with van der Waals surface area (Å²) in [5.41, 5.74) is 23.1. The lowest BCUT2D eigenvalue weighted by atomic mass is 10.2. The Morgan fingerprint density at radius 3 is 0.465 bits per heavy atom. The number of nitrogens with two attached hydrogens (primary N) is 2. The van der Waals surface area contributed by atoms with Crippen LogP contribution in [0.2, 0.25) is 0 Å². The first-order chi connectivity index (χ1) is 21.0. The number of hydrogen-bond donors (Lipinski definition) is 7. The van der Waals surface area contributed by atoms with Gasteiger partial charge in [-0.15, -0.1) is 0 Å². The molecule has 0 spiro atoms. The van der Waals surface area contributed by atoms with Gasteiger partial charge in [0.25, 0.3) is 0 Å². The van der Waals surface area contributed by atoms with E-state index in [1.165, 1.54) is 0 Å². The highest BCUT2D eigenvalue weighted by molar-refractivity contribution is 5.71. The van der Waals surface area contributed by atoms with Crippen molar-refractivity contribution >= 4 is 68.2 Å². The van der Waals surface area contributed by atoms with Gasteiger partial charge in [-0.25, -0.2) is 0 Å². The third kappa shape index (κ3) is 7.56. The smallest absolute Gasteiger partial charge is 0.0385 e. The summed E-state index contributed by atoms with van der Waals surface area (Å²) >= 11 is 0. The molecule has 0 heterocycles. The summed E-state index contributed by atoms with van der Waals surface area (Å²) in [7, 11) is 0. The second-order valence-electron chi connectivity index (χ2n) is 10.2. The Morgan fingerprint density at radius 1 is 0.209 bits per heavy atom. The van der Waals surface area contributed by atoms with Crippen molar-refractivity contribution in [2.75, 3.05) is 38.1 Å². The van der Waals surface area contributed by atoms with Crippen molar-refractivity contribution in [1.82, 2.24) is 0 Å². The zero-order valence-corrected chi connectivity index (χ0v) is 23.5. The van der Waals surface area contributed by atoms with Gasteiger partial charge in [-0.2, -0.15) is 0 Å². The van der Waals surface area contributed by atoms with Crippen LogP contribution in [-0.2, 0) is 0 Å². The van der Waals surface area contributed by atoms with Crippen LogP contribution in [0.15, 0.2) is 146 Å². The Bertz CT molecular complexity index is 1610. The predicted molar refractivity (Wildman–Crippen MR) is 184 cm³/mol. The fraction of sp³-hybridized carbons (Fsp3) is 0. The normalized spacial score (nSPS) is 10.5. The molecule has 9 N–H and O–H groups in total. The van der Waals surface area contributed by atoms with E-state index in [2.05, 4.69) is 75.1 Å². The summed E-state index contributed by atoms with van der Waals surface area (Å²) in [5, 5.41) is 17.1. The van der Waals surface area contributed by atoms with E-state index >= 15 is 0 Å². The minimum Gasteiger partial charge on any atom is -0.399 e. The maximum absolute atomic E-state index is 5.77. The molecule has 0 aliphatic carbocycles. The standard InChI is InChI=1S/C36H33N7/c37-25-1-5-27(6-2-25)39-29-9-13-31(14-10-29)41-33-17-21-35(22-18-33)43-36-23-19-34(20-24-36)42-32-15-11-30(12-16-32)40-28-7-3-26(38)4-8-28/h1-24,39-43H,37-38H2. The van der Waals surface area contributed by atoms with Gasteiger partial charge in [0.05, 0.1) is 0 Å². The van der Waals surface area contributed by atoms with Crippen LogP contribution in [0.25, 0.3) is 0 Å². The van der Waals surface area contributed by atoms with Crippen LogP contribution in [-0.4, -0.2) is 0 Å². The lowest BCUT2D eigenvalue weighted by molar-refractivity contribution is 1.49. The third-order valence-electron chi connectivity index (χ3n) is 6.80. The highest BCUT2D eigenvalue weighted by atomic mass is 14.9. The molecule has 0 aliphatic heterocycles. The first-order valence-corrected chi connectivity index (χ1v) is 14.0. The van der Waals surface area contributed by atoms with Gasteiger partial charge in [-0.1, -0.05) is 0 Å². The molecule has 0 bridgehead atoms. The molecule has 0 saturated heterocycles. The van der Waals surface area contributed by atoms with E-state index in [0.29, 0.717) is 0 Å². The van der Waals surface area contributed by atoms with E-state index in [1.807, 2.05) is 97.1 Å². The van der Waals surface area contributed by atoms with Crippen molar-refractivity contribution < 1.29 is 0 Å². The second-order valence-corrected chi connectivity index (χ2v) is 10.2. The first kappa shape index (κ1) is 27.1. The molecule has 6 aromatic carbocycles. The lowest BCUT2D eigenvalue weighted by Gasteiger charge is -2.12. The molecule has 6 aromatic rings. The summed E-state index contributed by atoms with van der Waals surface area (Å²) in [6, 6.07) is 48.2. The molecule has 0 saturated carbocycles. The van der Waals surface area contributed by atoms with Crippen molar-refractivity contribution in [2.24, 2.45) is 0 Å². The minimum absolute atomic E-state index is 0.750. The molecule has 43 heavy (non-hydrogen) atoms. The number of nitrogen functional groups attached to an aromatic ring is 2. The zero-order chi connectivity index (χ0) is 29.4. The van der Waals surface area contributed by atoms with Crippen molar-refractivity contribution in [1.29, 1.82) is 0 Å². The van der Waals surface area contributed by atoms with E-state index in [-0.39, 0.29) is 0 Å². The average molecular weight is 564 g/mol. The van der Waals surface area contributed by atoms with E-state index in [0.717, 1.165) is 68.2 Å². The largest absolute Gasteiger partial charge is 0.399 e. The number of rotatable bonds is 10. The van der Waals surface area contributed by atoms with Crippen molar-refractivity contribution in [3.05, 3.63) is 146 Å². The molecule has 0 fully saturated rings. The molecule has 0 unspecified atom stereocenters. The van der Waals surface area contributed by atoms with E-state index < -0.39 is 0 Å². The molecule has 0 aliphatic rings. The highest BCUT2D eigenvalue weighted by Crippen LogP contribution is 2.26. The van der Waals surface area contributed by atoms with Gasteiger partial charge in [0, 0.05) is 68.2 Å². The summed E-state index contributed by atoms with van der Waals surface area (Å²) in [6.07, 6.45) is 0. The monoisotopic (exact) mass is 563 g/mol. The first-order valence-electron chi connectivity index (χ1n) is 14.0. The van der Waals surface area contributed by atoms with Crippen LogP contribution in [0.4, 0.5) is 68.2 Å². The SMILES string of the molecule is Nc1ccc(Nc2ccc(Nc3ccc(Nc4ccc(Nc5ccc(Nc6ccc(N)cc6)cc5)cc4)cc3)cc2)cc1. The van der Waals surface area contributed by atoms with Crippen molar-refractivity contribution in [3.8, 4) is 0 Å². The predicted octanol–water partition coefficient (Wildman–Crippen LogP) is 9.57. The van der Waals surface area contributed by atoms with Crippen molar-refractivity contribution in [3.63, 3.8) is 0 Å². The topological polar surface area (TPSA) is 112 Å². The number of benzene rings is 6. The molecular formula is C36H33N7. The maximum atomic E-state index is 5.77. The molecular weight excluding hydrogens is 530 g/mol. The molecule has 6 rings (SSSR count). The van der Waals surface area contributed by atoms with Crippen molar-refractivity contribution in [2.45, 2.75) is 0 Å². The molecule has 0 radical (unpaired) electrons. The number of hydrogen-bond acceptors (Lipinski definition) is 7.